The summed E-state index contributed by atoms with van der Waals surface area (Å²) in [5.41, 5.74) is 2.20. The van der Waals surface area contributed by atoms with Gasteiger partial charge in [-0.25, -0.2) is 0 Å². The zero-order valence-electron chi connectivity index (χ0n) is 15.4. The molecule has 1 atom stereocenters. The first kappa shape index (κ1) is 18.5. The number of carbonyl (C=O) groups excluding carboxylic acids is 1. The predicted molar refractivity (Wildman–Crippen MR) is 98.3 cm³/mol. The van der Waals surface area contributed by atoms with Crippen molar-refractivity contribution < 1.29 is 18.7 Å². The number of rotatable bonds is 7. The summed E-state index contributed by atoms with van der Waals surface area (Å²) in [6, 6.07) is 9.65. The van der Waals surface area contributed by atoms with Crippen LogP contribution in [0.25, 0.3) is 0 Å². The molecule has 0 radical (unpaired) electrons. The third-order valence-corrected chi connectivity index (χ3v) is 4.76. The summed E-state index contributed by atoms with van der Waals surface area (Å²) in [6.07, 6.45) is 1.66. The molecule has 2 aromatic rings. The van der Waals surface area contributed by atoms with Gasteiger partial charge in [-0.2, -0.15) is 0 Å². The van der Waals surface area contributed by atoms with Crippen molar-refractivity contribution in [3.8, 4) is 5.75 Å². The van der Waals surface area contributed by atoms with E-state index >= 15 is 0 Å². The number of benzene rings is 1. The molecule has 1 aliphatic heterocycles. The van der Waals surface area contributed by atoms with Crippen molar-refractivity contribution in [2.24, 2.45) is 0 Å². The van der Waals surface area contributed by atoms with Gasteiger partial charge in [0.15, 0.2) is 6.61 Å². The highest BCUT2D eigenvalue weighted by Gasteiger charge is 2.25. The van der Waals surface area contributed by atoms with Crippen LogP contribution in [0.1, 0.15) is 22.9 Å². The van der Waals surface area contributed by atoms with Gasteiger partial charge in [0.2, 0.25) is 0 Å². The first-order valence-electron chi connectivity index (χ1n) is 8.96. The third kappa shape index (κ3) is 4.65. The summed E-state index contributed by atoms with van der Waals surface area (Å²) >= 11 is 0. The van der Waals surface area contributed by atoms with E-state index in [-0.39, 0.29) is 18.6 Å². The zero-order chi connectivity index (χ0) is 18.4. The standard InChI is InChI=1S/C20H26N2O4/c1-15-5-3-6-18(16(15)2)26-14-20(23)21-13-17(19-7-4-10-25-19)22-8-11-24-12-9-22/h3-7,10,17H,8-9,11-14H2,1-2H3,(H,21,23)/t17-/m1/s1. The highest BCUT2D eigenvalue weighted by Crippen LogP contribution is 2.22. The lowest BCUT2D eigenvalue weighted by Gasteiger charge is -2.33. The van der Waals surface area contributed by atoms with Gasteiger partial charge in [-0.05, 0) is 43.2 Å². The number of amides is 1. The second-order valence-electron chi connectivity index (χ2n) is 6.47. The van der Waals surface area contributed by atoms with Gasteiger partial charge in [0.25, 0.3) is 5.91 Å². The summed E-state index contributed by atoms with van der Waals surface area (Å²) in [5.74, 6) is 1.45. The van der Waals surface area contributed by atoms with Crippen molar-refractivity contribution in [3.05, 3.63) is 53.5 Å². The van der Waals surface area contributed by atoms with Crippen molar-refractivity contribution in [1.29, 1.82) is 0 Å². The van der Waals surface area contributed by atoms with E-state index in [1.54, 1.807) is 6.26 Å². The lowest BCUT2D eigenvalue weighted by Crippen LogP contribution is -2.44. The van der Waals surface area contributed by atoms with E-state index in [1.165, 1.54) is 0 Å². The molecular weight excluding hydrogens is 332 g/mol. The van der Waals surface area contributed by atoms with E-state index in [4.69, 9.17) is 13.9 Å². The zero-order valence-corrected chi connectivity index (χ0v) is 15.4. The Labute approximate surface area is 154 Å². The van der Waals surface area contributed by atoms with Crippen LogP contribution in [0, 0.1) is 13.8 Å². The number of hydrogen-bond donors (Lipinski definition) is 1. The van der Waals surface area contributed by atoms with Crippen molar-refractivity contribution in [3.63, 3.8) is 0 Å². The van der Waals surface area contributed by atoms with Gasteiger partial charge in [0, 0.05) is 19.6 Å². The lowest BCUT2D eigenvalue weighted by atomic mass is 10.1. The van der Waals surface area contributed by atoms with E-state index in [2.05, 4.69) is 10.2 Å². The molecule has 26 heavy (non-hydrogen) atoms. The second kappa shape index (κ2) is 8.87. The maximum Gasteiger partial charge on any atom is 0.258 e. The molecular formula is C20H26N2O4. The van der Waals surface area contributed by atoms with Gasteiger partial charge < -0.3 is 19.2 Å². The van der Waals surface area contributed by atoms with E-state index in [1.807, 2.05) is 44.2 Å². The Morgan fingerprint density at radius 3 is 2.77 bits per heavy atom. The van der Waals surface area contributed by atoms with Gasteiger partial charge in [-0.15, -0.1) is 0 Å². The fourth-order valence-corrected chi connectivity index (χ4v) is 3.07. The average molecular weight is 358 g/mol. The number of carbonyl (C=O) groups is 1. The van der Waals surface area contributed by atoms with Gasteiger partial charge in [0.05, 0.1) is 25.5 Å². The Morgan fingerprint density at radius 1 is 1.23 bits per heavy atom. The van der Waals surface area contributed by atoms with E-state index < -0.39 is 0 Å². The predicted octanol–water partition coefficient (Wildman–Crippen LogP) is 2.46. The second-order valence-corrected chi connectivity index (χ2v) is 6.47. The van der Waals surface area contributed by atoms with Crippen LogP contribution in [0.3, 0.4) is 0 Å². The number of nitrogens with zero attached hydrogens (tertiary/aromatic N) is 1. The Morgan fingerprint density at radius 2 is 2.04 bits per heavy atom. The number of furan rings is 1. The summed E-state index contributed by atoms with van der Waals surface area (Å²) < 4.78 is 16.7. The van der Waals surface area contributed by atoms with Gasteiger partial charge in [0.1, 0.15) is 11.5 Å². The maximum atomic E-state index is 12.3. The monoisotopic (exact) mass is 358 g/mol. The summed E-state index contributed by atoms with van der Waals surface area (Å²) in [6.45, 7) is 7.52. The minimum absolute atomic E-state index is 0.00134. The van der Waals surface area contributed by atoms with E-state index in [9.17, 15) is 4.79 Å². The number of ether oxygens (including phenoxy) is 2. The third-order valence-electron chi connectivity index (χ3n) is 4.76. The molecule has 3 rings (SSSR count). The lowest BCUT2D eigenvalue weighted by molar-refractivity contribution is -0.123. The average Bonchev–Trinajstić information content (AvgIpc) is 3.18. The van der Waals surface area contributed by atoms with Crippen LogP contribution < -0.4 is 10.1 Å². The van der Waals surface area contributed by atoms with E-state index in [0.717, 1.165) is 35.7 Å². The van der Waals surface area contributed by atoms with Gasteiger partial charge in [-0.1, -0.05) is 12.1 Å². The quantitative estimate of drug-likeness (QED) is 0.824. The molecule has 1 aromatic carbocycles. The SMILES string of the molecule is Cc1cccc(OCC(=O)NC[C@H](c2ccco2)N2CCOCC2)c1C. The number of aryl methyl sites for hydroxylation is 1. The first-order valence-corrected chi connectivity index (χ1v) is 8.96. The molecule has 1 aliphatic rings. The summed E-state index contributed by atoms with van der Waals surface area (Å²) in [4.78, 5) is 14.5. The van der Waals surface area contributed by atoms with Crippen molar-refractivity contribution in [1.82, 2.24) is 10.2 Å². The molecule has 140 valence electrons. The van der Waals surface area contributed by atoms with Crippen molar-refractivity contribution in [2.75, 3.05) is 39.5 Å². The molecule has 6 heteroatoms. The molecule has 2 heterocycles. The van der Waals surface area contributed by atoms with Crippen LogP contribution >= 0.6 is 0 Å². The van der Waals surface area contributed by atoms with Gasteiger partial charge in [-0.3, -0.25) is 9.69 Å². The fraction of sp³-hybridized carbons (Fsp3) is 0.450. The molecule has 0 aliphatic carbocycles. The van der Waals surface area contributed by atoms with Crippen LogP contribution in [0.5, 0.6) is 5.75 Å². The maximum absolute atomic E-state index is 12.3. The molecule has 0 spiro atoms. The molecule has 0 saturated carbocycles. The summed E-state index contributed by atoms with van der Waals surface area (Å²) in [5, 5.41) is 2.97. The van der Waals surface area contributed by atoms with Crippen LogP contribution in [0.2, 0.25) is 0 Å². The minimum Gasteiger partial charge on any atom is -0.483 e. The van der Waals surface area contributed by atoms with Gasteiger partial charge >= 0.3 is 0 Å². The molecule has 1 N–H and O–H groups in total. The Balaban J connectivity index is 1.54. The largest absolute Gasteiger partial charge is 0.483 e. The topological polar surface area (TPSA) is 63.9 Å². The number of morpholine rings is 1. The minimum atomic E-state index is -0.143. The Bertz CT molecular complexity index is 709. The fourth-order valence-electron chi connectivity index (χ4n) is 3.07. The highest BCUT2D eigenvalue weighted by molar-refractivity contribution is 5.77. The Hall–Kier alpha value is -2.31. The molecule has 1 saturated heterocycles. The smallest absolute Gasteiger partial charge is 0.258 e. The number of nitrogens with one attached hydrogen (secondary N) is 1. The molecule has 6 nitrogen and oxygen atoms in total. The normalized spacial score (nSPS) is 16.2. The highest BCUT2D eigenvalue weighted by atomic mass is 16.5. The molecule has 1 aromatic heterocycles. The van der Waals surface area contributed by atoms with Crippen molar-refractivity contribution >= 4 is 5.91 Å². The Kier molecular flexibility index (Phi) is 6.30. The van der Waals surface area contributed by atoms with Crippen LogP contribution in [-0.2, 0) is 9.53 Å². The molecule has 0 bridgehead atoms. The molecule has 1 fully saturated rings. The van der Waals surface area contributed by atoms with Crippen LogP contribution in [0.15, 0.2) is 41.0 Å². The number of hydrogen-bond acceptors (Lipinski definition) is 5. The van der Waals surface area contributed by atoms with Crippen LogP contribution in [-0.4, -0.2) is 50.3 Å². The van der Waals surface area contributed by atoms with Crippen molar-refractivity contribution in [2.45, 2.75) is 19.9 Å². The summed E-state index contributed by atoms with van der Waals surface area (Å²) in [7, 11) is 0. The van der Waals surface area contributed by atoms with E-state index in [0.29, 0.717) is 19.8 Å². The molecule has 0 unspecified atom stereocenters. The van der Waals surface area contributed by atoms with Crippen LogP contribution in [0.4, 0.5) is 0 Å². The molecule has 1 amide bonds. The first-order chi connectivity index (χ1) is 12.6.